The number of anilines is 1. The Labute approximate surface area is 187 Å². The maximum absolute atomic E-state index is 10.5. The minimum Gasteiger partial charge on any atom is -0.507 e. The lowest BCUT2D eigenvalue weighted by Gasteiger charge is -2.12. The molecule has 5 rings (SSSR count). The van der Waals surface area contributed by atoms with E-state index in [4.69, 9.17) is 22.1 Å². The summed E-state index contributed by atoms with van der Waals surface area (Å²) in [5.74, 6) is 1.40. The van der Waals surface area contributed by atoms with Crippen LogP contribution < -0.4 is 10.5 Å². The number of rotatable bonds is 4. The third kappa shape index (κ3) is 3.55. The van der Waals surface area contributed by atoms with Crippen LogP contribution in [0.3, 0.4) is 0 Å². The van der Waals surface area contributed by atoms with Gasteiger partial charge in [-0.15, -0.1) is 0 Å². The second-order valence-electron chi connectivity index (χ2n) is 7.10. The minimum atomic E-state index is -0.210. The van der Waals surface area contributed by atoms with Crippen molar-refractivity contribution in [3.05, 3.63) is 84.0 Å². The van der Waals surface area contributed by atoms with Crippen LogP contribution in [0.4, 0.5) is 5.69 Å². The Morgan fingerprint density at radius 2 is 1.56 bits per heavy atom. The molecule has 4 N–H and O–H groups in total. The lowest BCUT2D eigenvalue weighted by Crippen LogP contribution is -1.99. The number of benzene rings is 3. The monoisotopic (exact) mass is 444 g/mol. The van der Waals surface area contributed by atoms with Gasteiger partial charge in [0.15, 0.2) is 11.5 Å². The summed E-state index contributed by atoms with van der Waals surface area (Å²) in [6, 6.07) is 20.8. The van der Waals surface area contributed by atoms with Gasteiger partial charge in [-0.1, -0.05) is 11.6 Å². The predicted octanol–water partition coefficient (Wildman–Crippen LogP) is 5.53. The summed E-state index contributed by atoms with van der Waals surface area (Å²) in [7, 11) is 0. The Kier molecular flexibility index (Phi) is 4.80. The number of nitrogens with two attached hydrogens (primary N) is 1. The number of phenols is 2. The van der Waals surface area contributed by atoms with Crippen molar-refractivity contribution in [3.63, 3.8) is 0 Å². The molecule has 3 aromatic carbocycles. The van der Waals surface area contributed by atoms with Crippen molar-refractivity contribution in [2.45, 2.75) is 0 Å². The average molecular weight is 445 g/mol. The quantitative estimate of drug-likeness (QED) is 0.315. The van der Waals surface area contributed by atoms with Crippen LogP contribution >= 0.6 is 11.6 Å². The van der Waals surface area contributed by atoms with Gasteiger partial charge in [0, 0.05) is 23.6 Å². The van der Waals surface area contributed by atoms with Gasteiger partial charge in [0.05, 0.1) is 10.6 Å². The number of halogens is 1. The van der Waals surface area contributed by atoms with E-state index >= 15 is 0 Å². The Bertz CT molecular complexity index is 1430. The smallest absolute Gasteiger partial charge is 0.164 e. The molecule has 2 aromatic heterocycles. The first-order chi connectivity index (χ1) is 15.5. The van der Waals surface area contributed by atoms with Crippen molar-refractivity contribution in [2.75, 3.05) is 5.73 Å². The number of aromatic hydroxyl groups is 2. The molecule has 0 spiro atoms. The van der Waals surface area contributed by atoms with Gasteiger partial charge in [-0.25, -0.2) is 9.97 Å². The molecule has 0 aliphatic carbocycles. The number of nitrogens with zero attached hydrogens (tertiary/aromatic N) is 3. The van der Waals surface area contributed by atoms with E-state index in [0.717, 1.165) is 5.69 Å². The van der Waals surface area contributed by atoms with Crippen LogP contribution in [-0.2, 0) is 0 Å². The van der Waals surface area contributed by atoms with Crippen LogP contribution in [0.25, 0.3) is 28.2 Å². The maximum atomic E-state index is 10.5. The summed E-state index contributed by atoms with van der Waals surface area (Å²) in [5, 5.41) is 20.4. The minimum absolute atomic E-state index is 0.108. The SMILES string of the molecule is Nc1ccc(Oc2ccc(-n3c(-c4cc(Cl)c(O)cc4O)nc4cccnc43)cc2)cc1. The second-order valence-corrected chi connectivity index (χ2v) is 7.51. The first-order valence-corrected chi connectivity index (χ1v) is 10.1. The zero-order valence-corrected chi connectivity index (χ0v) is 17.4. The second kappa shape index (κ2) is 7.79. The van der Waals surface area contributed by atoms with Crippen LogP contribution in [0.1, 0.15) is 0 Å². The van der Waals surface area contributed by atoms with Gasteiger partial charge in [-0.05, 0) is 66.7 Å². The number of fused-ring (bicyclic) bond motifs is 1. The topological polar surface area (TPSA) is 106 Å². The highest BCUT2D eigenvalue weighted by Gasteiger charge is 2.19. The van der Waals surface area contributed by atoms with Crippen LogP contribution in [-0.4, -0.2) is 24.7 Å². The number of nitrogen functional groups attached to an aromatic ring is 1. The number of aromatic nitrogens is 3. The van der Waals surface area contributed by atoms with E-state index in [2.05, 4.69) is 9.97 Å². The number of hydrogen-bond donors (Lipinski definition) is 3. The van der Waals surface area contributed by atoms with Crippen molar-refractivity contribution in [3.8, 4) is 40.1 Å². The number of phenolic OH excluding ortho intramolecular Hbond substituents is 2. The highest BCUT2D eigenvalue weighted by Crippen LogP contribution is 2.39. The molecule has 7 nitrogen and oxygen atoms in total. The van der Waals surface area contributed by atoms with Gasteiger partial charge in [0.25, 0.3) is 0 Å². The molecule has 0 aliphatic heterocycles. The lowest BCUT2D eigenvalue weighted by atomic mass is 10.1. The van der Waals surface area contributed by atoms with Crippen LogP contribution in [0.2, 0.25) is 5.02 Å². The van der Waals surface area contributed by atoms with Gasteiger partial charge in [-0.2, -0.15) is 0 Å². The molecule has 0 aliphatic rings. The zero-order chi connectivity index (χ0) is 22.2. The molecule has 0 amide bonds. The molecule has 2 heterocycles. The normalized spacial score (nSPS) is 11.0. The number of imidazole rings is 1. The van der Waals surface area contributed by atoms with Gasteiger partial charge < -0.3 is 20.7 Å². The van der Waals surface area contributed by atoms with E-state index in [9.17, 15) is 10.2 Å². The first kappa shape index (κ1) is 19.7. The van der Waals surface area contributed by atoms with Gasteiger partial charge in [0.2, 0.25) is 0 Å². The van der Waals surface area contributed by atoms with E-state index in [1.807, 2.05) is 34.9 Å². The summed E-state index contributed by atoms with van der Waals surface area (Å²) >= 11 is 6.10. The maximum Gasteiger partial charge on any atom is 0.164 e. The summed E-state index contributed by atoms with van der Waals surface area (Å²) in [5.41, 5.74) is 8.77. The van der Waals surface area contributed by atoms with E-state index in [1.165, 1.54) is 12.1 Å². The van der Waals surface area contributed by atoms with E-state index in [0.29, 0.717) is 39.7 Å². The molecule has 5 aromatic rings. The first-order valence-electron chi connectivity index (χ1n) is 9.69. The Balaban J connectivity index is 1.60. The molecular weight excluding hydrogens is 428 g/mol. The standard InChI is InChI=1S/C24H17ClN4O3/c25-19-12-18(21(30)13-22(19)31)23-28-20-2-1-11-27-24(20)29(23)15-5-9-17(10-6-15)32-16-7-3-14(26)4-8-16/h1-13,30-31H,26H2. The zero-order valence-electron chi connectivity index (χ0n) is 16.6. The van der Waals surface area contributed by atoms with Crippen LogP contribution in [0.5, 0.6) is 23.0 Å². The van der Waals surface area contributed by atoms with Crippen molar-refractivity contribution in [1.82, 2.24) is 14.5 Å². The van der Waals surface area contributed by atoms with Gasteiger partial charge >= 0.3 is 0 Å². The van der Waals surface area contributed by atoms with Crippen molar-refractivity contribution in [2.24, 2.45) is 0 Å². The lowest BCUT2D eigenvalue weighted by molar-refractivity contribution is 0.451. The Morgan fingerprint density at radius 1 is 0.875 bits per heavy atom. The predicted molar refractivity (Wildman–Crippen MR) is 124 cm³/mol. The highest BCUT2D eigenvalue weighted by molar-refractivity contribution is 6.32. The largest absolute Gasteiger partial charge is 0.507 e. The number of hydrogen-bond acceptors (Lipinski definition) is 6. The van der Waals surface area contributed by atoms with E-state index < -0.39 is 0 Å². The van der Waals surface area contributed by atoms with Crippen LogP contribution in [0, 0.1) is 0 Å². The van der Waals surface area contributed by atoms with Gasteiger partial charge in [-0.3, -0.25) is 4.57 Å². The summed E-state index contributed by atoms with van der Waals surface area (Å²) in [4.78, 5) is 9.11. The number of pyridine rings is 1. The van der Waals surface area contributed by atoms with E-state index in [-0.39, 0.29) is 16.5 Å². The third-order valence-corrected chi connectivity index (χ3v) is 5.24. The number of ether oxygens (including phenoxy) is 1. The fourth-order valence-corrected chi connectivity index (χ4v) is 3.57. The van der Waals surface area contributed by atoms with Crippen LogP contribution in [0.15, 0.2) is 79.0 Å². The summed E-state index contributed by atoms with van der Waals surface area (Å²) in [6.45, 7) is 0. The molecule has 0 atom stereocenters. The molecule has 0 bridgehead atoms. The molecule has 0 saturated heterocycles. The Hall–Kier alpha value is -4.23. The molecular formula is C24H17ClN4O3. The average Bonchev–Trinajstić information content (AvgIpc) is 3.18. The van der Waals surface area contributed by atoms with Crippen molar-refractivity contribution >= 4 is 28.5 Å². The van der Waals surface area contributed by atoms with Crippen molar-refractivity contribution in [1.29, 1.82) is 0 Å². The van der Waals surface area contributed by atoms with E-state index in [1.54, 1.807) is 36.5 Å². The van der Waals surface area contributed by atoms with Gasteiger partial charge in [0.1, 0.15) is 28.5 Å². The molecule has 0 fully saturated rings. The van der Waals surface area contributed by atoms with Crippen molar-refractivity contribution < 1.29 is 14.9 Å². The summed E-state index contributed by atoms with van der Waals surface area (Å²) < 4.78 is 7.69. The molecule has 158 valence electrons. The highest BCUT2D eigenvalue weighted by atomic mass is 35.5. The fraction of sp³-hybridized carbons (Fsp3) is 0. The molecule has 0 radical (unpaired) electrons. The third-order valence-electron chi connectivity index (χ3n) is 4.93. The molecule has 8 heteroatoms. The Morgan fingerprint density at radius 3 is 2.28 bits per heavy atom. The molecule has 32 heavy (non-hydrogen) atoms. The molecule has 0 unspecified atom stereocenters. The molecule has 0 saturated carbocycles. The summed E-state index contributed by atoms with van der Waals surface area (Å²) in [6.07, 6.45) is 1.67. The fourth-order valence-electron chi connectivity index (χ4n) is 3.40.